The summed E-state index contributed by atoms with van der Waals surface area (Å²) in [6.07, 6.45) is 1.64. The van der Waals surface area contributed by atoms with Gasteiger partial charge in [-0.1, -0.05) is 0 Å². The van der Waals surface area contributed by atoms with Gasteiger partial charge in [0.25, 0.3) is 5.56 Å². The molecule has 1 saturated heterocycles. The normalized spacial score (nSPS) is 24.4. The fourth-order valence-electron chi connectivity index (χ4n) is 3.12. The number of aromatic nitrogens is 2. The van der Waals surface area contributed by atoms with Crippen LogP contribution in [0.1, 0.15) is 6.92 Å². The summed E-state index contributed by atoms with van der Waals surface area (Å²) in [6, 6.07) is 3.71. The lowest BCUT2D eigenvalue weighted by Crippen LogP contribution is -2.62. The molecule has 2 atom stereocenters. The molecular formula is C14H15N5O2. The first-order valence-corrected chi connectivity index (χ1v) is 6.97. The fraction of sp³-hybridized carbons (Fsp3) is 0.357. The van der Waals surface area contributed by atoms with Gasteiger partial charge in [0.1, 0.15) is 17.4 Å². The molecule has 0 spiro atoms. The Morgan fingerprint density at radius 1 is 1.38 bits per heavy atom. The van der Waals surface area contributed by atoms with Crippen molar-refractivity contribution < 1.29 is 4.79 Å². The lowest BCUT2D eigenvalue weighted by molar-refractivity contribution is -0.117. The molecule has 0 saturated carbocycles. The van der Waals surface area contributed by atoms with Crippen molar-refractivity contribution in [3.63, 3.8) is 0 Å². The Kier molecular flexibility index (Phi) is 2.52. The molecule has 108 valence electrons. The summed E-state index contributed by atoms with van der Waals surface area (Å²) in [5.41, 5.74) is 1.34. The molecule has 7 heteroatoms. The van der Waals surface area contributed by atoms with Gasteiger partial charge in [-0.2, -0.15) is 0 Å². The first-order valence-electron chi connectivity index (χ1n) is 6.97. The Morgan fingerprint density at radius 3 is 3.10 bits per heavy atom. The molecule has 1 fully saturated rings. The third kappa shape index (κ3) is 1.74. The van der Waals surface area contributed by atoms with Crippen LogP contribution in [0.15, 0.2) is 23.1 Å². The zero-order valence-corrected chi connectivity index (χ0v) is 11.5. The van der Waals surface area contributed by atoms with Crippen molar-refractivity contribution in [1.82, 2.24) is 15.3 Å². The number of hydrogen-bond acceptors (Lipinski definition) is 5. The van der Waals surface area contributed by atoms with Gasteiger partial charge in [-0.05, 0) is 19.1 Å². The van der Waals surface area contributed by atoms with Crippen molar-refractivity contribution in [2.45, 2.75) is 19.0 Å². The predicted molar refractivity (Wildman–Crippen MR) is 79.6 cm³/mol. The van der Waals surface area contributed by atoms with Gasteiger partial charge in [-0.25, -0.2) is 4.98 Å². The van der Waals surface area contributed by atoms with Crippen LogP contribution in [0.25, 0.3) is 11.0 Å². The standard InChI is InChI=1S/C14H15N5O2/c1-7-6-19-9(5-16-7)13(20)17-10-11(19)8-3-2-4-15-12(8)18-14(10)21/h2-4,7,9,16H,5-6H2,1H3,(H,17,20)(H,15,18,21). The lowest BCUT2D eigenvalue weighted by Gasteiger charge is -2.43. The average Bonchev–Trinajstić information content (AvgIpc) is 2.47. The van der Waals surface area contributed by atoms with E-state index in [1.807, 2.05) is 17.0 Å². The van der Waals surface area contributed by atoms with E-state index in [2.05, 4.69) is 27.5 Å². The number of hydrogen-bond donors (Lipinski definition) is 3. The van der Waals surface area contributed by atoms with E-state index in [1.165, 1.54) is 0 Å². The molecule has 2 aliphatic heterocycles. The van der Waals surface area contributed by atoms with Crippen LogP contribution in [0.5, 0.6) is 0 Å². The zero-order chi connectivity index (χ0) is 14.6. The number of amides is 1. The van der Waals surface area contributed by atoms with Crippen LogP contribution < -0.4 is 21.1 Å². The summed E-state index contributed by atoms with van der Waals surface area (Å²) in [4.78, 5) is 33.4. The molecule has 0 aromatic carbocycles. The quantitative estimate of drug-likeness (QED) is 0.636. The maximum atomic E-state index is 12.2. The summed E-state index contributed by atoms with van der Waals surface area (Å²) in [5.74, 6) is -0.143. The Balaban J connectivity index is 2.02. The third-order valence-electron chi connectivity index (χ3n) is 4.10. The first-order chi connectivity index (χ1) is 10.1. The van der Waals surface area contributed by atoms with Crippen LogP contribution >= 0.6 is 0 Å². The molecule has 2 aliphatic rings. The van der Waals surface area contributed by atoms with Crippen molar-refractivity contribution in [1.29, 1.82) is 0 Å². The van der Waals surface area contributed by atoms with Gasteiger partial charge < -0.3 is 20.5 Å². The van der Waals surface area contributed by atoms with Gasteiger partial charge in [0.2, 0.25) is 5.91 Å². The van der Waals surface area contributed by atoms with Gasteiger partial charge in [0, 0.05) is 30.7 Å². The summed E-state index contributed by atoms with van der Waals surface area (Å²) < 4.78 is 0. The van der Waals surface area contributed by atoms with Crippen LogP contribution in [-0.4, -0.2) is 41.0 Å². The molecule has 0 aliphatic carbocycles. The second-order valence-electron chi connectivity index (χ2n) is 5.54. The van der Waals surface area contributed by atoms with E-state index < -0.39 is 0 Å². The lowest BCUT2D eigenvalue weighted by atomic mass is 10.0. The molecule has 21 heavy (non-hydrogen) atoms. The number of nitrogens with zero attached hydrogens (tertiary/aromatic N) is 2. The second-order valence-corrected chi connectivity index (χ2v) is 5.54. The minimum atomic E-state index is -0.311. The van der Waals surface area contributed by atoms with Gasteiger partial charge in [0.05, 0.1) is 5.69 Å². The van der Waals surface area contributed by atoms with Crippen molar-refractivity contribution in [3.8, 4) is 0 Å². The largest absolute Gasteiger partial charge is 0.354 e. The summed E-state index contributed by atoms with van der Waals surface area (Å²) in [5, 5.41) is 6.90. The highest BCUT2D eigenvalue weighted by Crippen LogP contribution is 2.35. The molecule has 2 aromatic rings. The van der Waals surface area contributed by atoms with Crippen LogP contribution in [0, 0.1) is 0 Å². The van der Waals surface area contributed by atoms with E-state index in [1.54, 1.807) is 6.20 Å². The van der Waals surface area contributed by atoms with Crippen LogP contribution in [0.4, 0.5) is 11.4 Å². The van der Waals surface area contributed by atoms with Crippen LogP contribution in [0.2, 0.25) is 0 Å². The second kappa shape index (κ2) is 4.29. The summed E-state index contributed by atoms with van der Waals surface area (Å²) in [6.45, 7) is 3.32. The smallest absolute Gasteiger partial charge is 0.275 e. The monoisotopic (exact) mass is 285 g/mol. The first kappa shape index (κ1) is 12.3. The van der Waals surface area contributed by atoms with Crippen molar-refractivity contribution >= 4 is 28.3 Å². The number of aromatic amines is 1. The van der Waals surface area contributed by atoms with E-state index in [0.717, 1.165) is 11.1 Å². The molecule has 1 amide bonds. The third-order valence-corrected chi connectivity index (χ3v) is 4.10. The Hall–Kier alpha value is -2.41. The van der Waals surface area contributed by atoms with Crippen LogP contribution in [-0.2, 0) is 4.79 Å². The molecule has 2 unspecified atom stereocenters. The molecule has 4 heterocycles. The van der Waals surface area contributed by atoms with E-state index in [0.29, 0.717) is 24.4 Å². The maximum absolute atomic E-state index is 12.2. The van der Waals surface area contributed by atoms with Crippen molar-refractivity contribution in [2.75, 3.05) is 23.3 Å². The molecule has 7 nitrogen and oxygen atoms in total. The van der Waals surface area contributed by atoms with E-state index in [4.69, 9.17) is 0 Å². The number of carbonyl (C=O) groups is 1. The van der Waals surface area contributed by atoms with E-state index in [9.17, 15) is 9.59 Å². The average molecular weight is 285 g/mol. The number of piperazine rings is 1. The minimum Gasteiger partial charge on any atom is -0.354 e. The number of carbonyl (C=O) groups excluding carboxylic acids is 1. The number of anilines is 2. The topological polar surface area (TPSA) is 90.1 Å². The highest BCUT2D eigenvalue weighted by molar-refractivity contribution is 6.09. The Bertz CT molecular complexity index is 800. The zero-order valence-electron chi connectivity index (χ0n) is 11.5. The van der Waals surface area contributed by atoms with Gasteiger partial charge in [-0.3, -0.25) is 9.59 Å². The highest BCUT2D eigenvalue weighted by Gasteiger charge is 2.38. The Morgan fingerprint density at radius 2 is 2.24 bits per heavy atom. The molecule has 2 aromatic heterocycles. The Labute approximate surface area is 120 Å². The summed E-state index contributed by atoms with van der Waals surface area (Å²) in [7, 11) is 0. The van der Waals surface area contributed by atoms with Gasteiger partial charge in [-0.15, -0.1) is 0 Å². The van der Waals surface area contributed by atoms with Crippen molar-refractivity contribution in [2.24, 2.45) is 0 Å². The fourth-order valence-corrected chi connectivity index (χ4v) is 3.12. The number of nitrogens with one attached hydrogen (secondary N) is 3. The van der Waals surface area contributed by atoms with E-state index >= 15 is 0 Å². The molecule has 4 rings (SSSR count). The predicted octanol–water partition coefficient (Wildman–Crippen LogP) is 0.0419. The highest BCUT2D eigenvalue weighted by atomic mass is 16.2. The summed E-state index contributed by atoms with van der Waals surface area (Å²) >= 11 is 0. The number of rotatable bonds is 0. The molecule has 0 radical (unpaired) electrons. The molecular weight excluding hydrogens is 270 g/mol. The number of fused-ring (bicyclic) bond motifs is 5. The number of pyridine rings is 2. The minimum absolute atomic E-state index is 0.143. The van der Waals surface area contributed by atoms with Gasteiger partial charge >= 0.3 is 0 Å². The van der Waals surface area contributed by atoms with Crippen LogP contribution in [0.3, 0.4) is 0 Å². The van der Waals surface area contributed by atoms with E-state index in [-0.39, 0.29) is 23.6 Å². The SMILES string of the molecule is CC1CN2c3c(c(=O)[nH]c4ncccc34)NC(=O)C2CN1. The maximum Gasteiger partial charge on any atom is 0.275 e. The molecule has 3 N–H and O–H groups in total. The van der Waals surface area contributed by atoms with Crippen molar-refractivity contribution in [3.05, 3.63) is 28.7 Å². The molecule has 0 bridgehead atoms. The number of H-pyrrole nitrogens is 1. The van der Waals surface area contributed by atoms with Gasteiger partial charge in [0.15, 0.2) is 0 Å².